The molecule has 2 unspecified atom stereocenters. The first-order valence-corrected chi connectivity index (χ1v) is 25.1. The Morgan fingerprint density at radius 2 is 0.873 bits per heavy atom. The monoisotopic (exact) mass is 904 g/mol. The van der Waals surface area contributed by atoms with Crippen molar-refractivity contribution in [2.45, 2.75) is 24.2 Å². The van der Waals surface area contributed by atoms with E-state index in [0.717, 1.165) is 23.5 Å². The molecule has 334 valence electrons. The zero-order valence-corrected chi connectivity index (χ0v) is 39.4. The lowest BCUT2D eigenvalue weighted by molar-refractivity contribution is 0.725. The van der Waals surface area contributed by atoms with Gasteiger partial charge in [0.2, 0.25) is 0 Å². The number of allylic oxidation sites excluding steroid dienone is 4. The van der Waals surface area contributed by atoms with Crippen molar-refractivity contribution in [1.82, 2.24) is 4.57 Å². The number of hydrogen-bond donors (Lipinski definition) is 0. The lowest BCUT2D eigenvalue weighted by Gasteiger charge is -2.37. The van der Waals surface area contributed by atoms with Crippen LogP contribution in [0.25, 0.3) is 55.3 Å². The second kappa shape index (κ2) is 15.1. The van der Waals surface area contributed by atoms with Gasteiger partial charge in [0.05, 0.1) is 27.6 Å². The van der Waals surface area contributed by atoms with Crippen molar-refractivity contribution < 1.29 is 0 Å². The van der Waals surface area contributed by atoms with E-state index < -0.39 is 10.8 Å². The average Bonchev–Trinajstić information content (AvgIpc) is 4.13. The topological polar surface area (TPSA) is 8.17 Å². The molecule has 2 heteroatoms. The SMILES string of the molecule is CC1C=CC2=C(C1)c1ccccc1C21c2ccccc2-c2cccc(N(c3ccc(-n4c5ccccc5c5ccccc54)cc3)c3ccc(C4(c5ccccc5)c5ccccc5-c5ccccc54)cc3)c21. The Morgan fingerprint density at radius 3 is 1.49 bits per heavy atom. The van der Waals surface area contributed by atoms with Crippen molar-refractivity contribution >= 4 is 44.4 Å². The summed E-state index contributed by atoms with van der Waals surface area (Å²) >= 11 is 0. The van der Waals surface area contributed by atoms with E-state index in [4.69, 9.17) is 0 Å². The molecule has 4 aliphatic carbocycles. The molecule has 71 heavy (non-hydrogen) atoms. The fourth-order valence-electron chi connectivity index (χ4n) is 13.7. The smallest absolute Gasteiger partial charge is 0.0742 e. The van der Waals surface area contributed by atoms with Gasteiger partial charge in [-0.15, -0.1) is 0 Å². The zero-order valence-electron chi connectivity index (χ0n) is 39.4. The molecule has 1 heterocycles. The second-order valence-electron chi connectivity index (χ2n) is 19.9. The fourth-order valence-corrected chi connectivity index (χ4v) is 13.7. The van der Waals surface area contributed by atoms with Crippen molar-refractivity contribution in [1.29, 1.82) is 0 Å². The quantitative estimate of drug-likeness (QED) is 0.161. The maximum Gasteiger partial charge on any atom is 0.0742 e. The van der Waals surface area contributed by atoms with Crippen LogP contribution in [0.15, 0.2) is 260 Å². The van der Waals surface area contributed by atoms with Crippen molar-refractivity contribution in [2.75, 3.05) is 4.90 Å². The van der Waals surface area contributed by atoms with E-state index in [1.165, 1.54) is 105 Å². The van der Waals surface area contributed by atoms with Crippen LogP contribution in [0.1, 0.15) is 57.9 Å². The highest BCUT2D eigenvalue weighted by Gasteiger charge is 2.54. The van der Waals surface area contributed by atoms with E-state index in [1.807, 2.05) is 0 Å². The van der Waals surface area contributed by atoms with Crippen molar-refractivity contribution in [3.63, 3.8) is 0 Å². The summed E-state index contributed by atoms with van der Waals surface area (Å²) < 4.78 is 2.42. The molecule has 0 saturated carbocycles. The minimum atomic E-state index is -0.499. The summed E-state index contributed by atoms with van der Waals surface area (Å²) in [4.78, 5) is 2.55. The normalized spacial score (nSPS) is 17.5. The Balaban J connectivity index is 0.982. The summed E-state index contributed by atoms with van der Waals surface area (Å²) in [5, 5.41) is 2.52. The van der Waals surface area contributed by atoms with Crippen LogP contribution in [0.2, 0.25) is 0 Å². The van der Waals surface area contributed by atoms with Gasteiger partial charge in [-0.05, 0) is 139 Å². The Morgan fingerprint density at radius 1 is 0.408 bits per heavy atom. The molecule has 0 radical (unpaired) electrons. The minimum absolute atomic E-state index is 0.462. The summed E-state index contributed by atoms with van der Waals surface area (Å²) in [7, 11) is 0. The lowest BCUT2D eigenvalue weighted by Crippen LogP contribution is -2.30. The highest BCUT2D eigenvalue weighted by Crippen LogP contribution is 2.66. The van der Waals surface area contributed by atoms with E-state index in [0.29, 0.717) is 5.92 Å². The molecule has 15 rings (SSSR count). The van der Waals surface area contributed by atoms with E-state index in [2.05, 4.69) is 271 Å². The molecule has 0 saturated heterocycles. The molecule has 0 amide bonds. The fraction of sp³-hybridized carbons (Fsp3) is 0.0725. The first-order chi connectivity index (χ1) is 35.2. The average molecular weight is 905 g/mol. The Labute approximate surface area is 414 Å². The molecule has 2 atom stereocenters. The van der Waals surface area contributed by atoms with Crippen LogP contribution in [0.3, 0.4) is 0 Å². The summed E-state index contributed by atoms with van der Waals surface area (Å²) in [6.07, 6.45) is 5.95. The number of anilines is 3. The molecule has 4 aliphatic rings. The highest BCUT2D eigenvalue weighted by atomic mass is 15.1. The number of fused-ring (bicyclic) bond motifs is 15. The largest absolute Gasteiger partial charge is 0.310 e. The third-order valence-electron chi connectivity index (χ3n) is 16.4. The van der Waals surface area contributed by atoms with Gasteiger partial charge in [0.1, 0.15) is 0 Å². The molecule has 1 spiro atoms. The van der Waals surface area contributed by atoms with Gasteiger partial charge in [-0.2, -0.15) is 0 Å². The van der Waals surface area contributed by atoms with Gasteiger partial charge in [0.25, 0.3) is 0 Å². The third-order valence-corrected chi connectivity index (χ3v) is 16.4. The van der Waals surface area contributed by atoms with Crippen LogP contribution in [0.4, 0.5) is 17.1 Å². The van der Waals surface area contributed by atoms with Gasteiger partial charge < -0.3 is 9.47 Å². The summed E-state index contributed by atoms with van der Waals surface area (Å²) in [6, 6.07) is 91.1. The molecule has 0 fully saturated rings. The predicted octanol–water partition coefficient (Wildman–Crippen LogP) is 17.3. The number of rotatable bonds is 6. The zero-order chi connectivity index (χ0) is 46.8. The molecule has 0 aliphatic heterocycles. The Bertz CT molecular complexity index is 3940. The molecule has 1 aromatic heterocycles. The van der Waals surface area contributed by atoms with E-state index in [-0.39, 0.29) is 0 Å². The summed E-state index contributed by atoms with van der Waals surface area (Å²) in [5.74, 6) is 0.462. The van der Waals surface area contributed by atoms with E-state index in [9.17, 15) is 0 Å². The van der Waals surface area contributed by atoms with Crippen molar-refractivity contribution in [2.24, 2.45) is 5.92 Å². The third kappa shape index (κ3) is 5.37. The number of benzene rings is 10. The number of para-hydroxylation sites is 2. The van der Waals surface area contributed by atoms with Gasteiger partial charge in [0, 0.05) is 33.4 Å². The lowest BCUT2D eigenvalue weighted by atomic mass is 9.67. The predicted molar refractivity (Wildman–Crippen MR) is 294 cm³/mol. The first-order valence-electron chi connectivity index (χ1n) is 25.1. The van der Waals surface area contributed by atoms with Gasteiger partial charge in [0.15, 0.2) is 0 Å². The molecular formula is C69H48N2. The van der Waals surface area contributed by atoms with Crippen molar-refractivity contribution in [3.8, 4) is 27.9 Å². The van der Waals surface area contributed by atoms with E-state index >= 15 is 0 Å². The molecule has 2 nitrogen and oxygen atoms in total. The van der Waals surface area contributed by atoms with Crippen LogP contribution in [0, 0.1) is 5.92 Å². The van der Waals surface area contributed by atoms with Crippen LogP contribution < -0.4 is 4.90 Å². The maximum atomic E-state index is 2.55. The molecule has 0 N–H and O–H groups in total. The summed E-state index contributed by atoms with van der Waals surface area (Å²) in [6.45, 7) is 2.36. The maximum absolute atomic E-state index is 2.55. The molecule has 11 aromatic rings. The number of hydrogen-bond acceptors (Lipinski definition) is 1. The van der Waals surface area contributed by atoms with Gasteiger partial charge in [-0.3, -0.25) is 0 Å². The Hall–Kier alpha value is -8.72. The number of aromatic nitrogens is 1. The van der Waals surface area contributed by atoms with Crippen molar-refractivity contribution in [3.05, 3.63) is 305 Å². The van der Waals surface area contributed by atoms with Crippen LogP contribution in [-0.2, 0) is 10.8 Å². The van der Waals surface area contributed by atoms with E-state index in [1.54, 1.807) is 0 Å². The molecule has 10 aromatic carbocycles. The summed E-state index contributed by atoms with van der Waals surface area (Å²) in [5.41, 5.74) is 24.6. The van der Waals surface area contributed by atoms with Crippen LogP contribution in [-0.4, -0.2) is 4.57 Å². The minimum Gasteiger partial charge on any atom is -0.310 e. The standard InChI is InChI=1S/C69H48N2/c1-45-34-43-63-58(44-45)54-23-8-14-30-62(54)69(63)61-29-13-7-22-53(61)57-26-17-33-66(67(57)69)70(49-39-41-50(42-40-49)71-64-31-15-9-24-55(64)56-25-10-16-32-65(56)71)48-37-35-47(36-38-48)68(46-18-3-2-4-19-46)59-27-11-5-20-51(59)52-21-6-12-28-60(52)68/h2-43,45H,44H2,1H3. The van der Waals surface area contributed by atoms with Gasteiger partial charge in [-0.1, -0.05) is 207 Å². The molecular weight excluding hydrogens is 857 g/mol. The van der Waals surface area contributed by atoms with Gasteiger partial charge >= 0.3 is 0 Å². The van der Waals surface area contributed by atoms with Crippen LogP contribution >= 0.6 is 0 Å². The highest BCUT2D eigenvalue weighted by molar-refractivity contribution is 6.09. The Kier molecular flexibility index (Phi) is 8.57. The number of nitrogens with zero attached hydrogens (tertiary/aromatic N) is 2. The second-order valence-corrected chi connectivity index (χ2v) is 19.9. The first kappa shape index (κ1) is 40.2. The van der Waals surface area contributed by atoms with Gasteiger partial charge in [-0.25, -0.2) is 0 Å². The molecule has 0 bridgehead atoms. The van der Waals surface area contributed by atoms with Crippen LogP contribution in [0.5, 0.6) is 0 Å².